The second kappa shape index (κ2) is 3.66. The molecule has 14 heavy (non-hydrogen) atoms. The molecule has 1 N–H and O–H groups in total. The van der Waals surface area contributed by atoms with Gasteiger partial charge in [0.05, 0.1) is 5.70 Å². The van der Waals surface area contributed by atoms with E-state index < -0.39 is 0 Å². The highest BCUT2D eigenvalue weighted by Gasteiger charge is 2.13. The molecule has 0 spiro atoms. The topological polar surface area (TPSA) is 29.1 Å². The third-order valence-electron chi connectivity index (χ3n) is 2.37. The van der Waals surface area contributed by atoms with Gasteiger partial charge in [-0.1, -0.05) is 35.9 Å². The Hall–Kier alpha value is -1.57. The minimum Gasteiger partial charge on any atom is -0.382 e. The summed E-state index contributed by atoms with van der Waals surface area (Å²) in [4.78, 5) is 11.8. The molecule has 1 aromatic carbocycles. The van der Waals surface area contributed by atoms with Crippen LogP contribution in [0, 0.1) is 6.92 Å². The summed E-state index contributed by atoms with van der Waals surface area (Å²) in [6, 6.07) is 7.67. The van der Waals surface area contributed by atoms with Crippen LogP contribution in [-0.4, -0.2) is 12.3 Å². The number of benzene rings is 1. The fourth-order valence-electron chi connectivity index (χ4n) is 1.53. The van der Waals surface area contributed by atoms with Gasteiger partial charge in [0.15, 0.2) is 0 Å². The zero-order chi connectivity index (χ0) is 9.97. The van der Waals surface area contributed by atoms with Crippen molar-refractivity contribution in [1.82, 2.24) is 5.32 Å². The number of ketones is 1. The van der Waals surface area contributed by atoms with Crippen LogP contribution in [0.15, 0.2) is 36.0 Å². The van der Waals surface area contributed by atoms with Crippen LogP contribution in [0.1, 0.15) is 22.3 Å². The number of aryl methyl sites for hydroxylation is 1. The van der Waals surface area contributed by atoms with Crippen molar-refractivity contribution in [2.45, 2.75) is 13.3 Å². The van der Waals surface area contributed by atoms with Crippen LogP contribution in [0.5, 0.6) is 0 Å². The van der Waals surface area contributed by atoms with E-state index in [1.807, 2.05) is 37.3 Å². The van der Waals surface area contributed by atoms with Crippen LogP contribution in [-0.2, 0) is 0 Å². The number of allylic oxidation sites excluding steroid dienone is 1. The van der Waals surface area contributed by atoms with E-state index >= 15 is 0 Å². The number of carbonyl (C=O) groups excluding carboxylic acids is 1. The molecule has 1 aliphatic rings. The average Bonchev–Trinajstić information content (AvgIpc) is 2.71. The maximum Gasteiger partial charge on any atom is 0.208 e. The zero-order valence-corrected chi connectivity index (χ0v) is 8.21. The fourth-order valence-corrected chi connectivity index (χ4v) is 1.53. The molecule has 1 aliphatic heterocycles. The Morgan fingerprint density at radius 2 is 2.00 bits per heavy atom. The molecule has 0 bridgehead atoms. The van der Waals surface area contributed by atoms with Gasteiger partial charge < -0.3 is 5.32 Å². The Bertz CT molecular complexity index is 376. The number of hydrogen-bond acceptors (Lipinski definition) is 2. The van der Waals surface area contributed by atoms with Crippen LogP contribution >= 0.6 is 0 Å². The van der Waals surface area contributed by atoms with Crippen molar-refractivity contribution < 1.29 is 4.79 Å². The molecule has 0 amide bonds. The zero-order valence-electron chi connectivity index (χ0n) is 8.21. The SMILES string of the molecule is Cc1ccc(C(=O)C2=CCCN2)cc1. The van der Waals surface area contributed by atoms with E-state index in [1.165, 1.54) is 5.56 Å². The summed E-state index contributed by atoms with van der Waals surface area (Å²) in [5.74, 6) is 0.0995. The van der Waals surface area contributed by atoms with Crippen molar-refractivity contribution in [3.63, 3.8) is 0 Å². The smallest absolute Gasteiger partial charge is 0.208 e. The number of rotatable bonds is 2. The van der Waals surface area contributed by atoms with Crippen molar-refractivity contribution in [2.75, 3.05) is 6.54 Å². The largest absolute Gasteiger partial charge is 0.382 e. The number of carbonyl (C=O) groups is 1. The highest BCUT2D eigenvalue weighted by Crippen LogP contribution is 2.11. The van der Waals surface area contributed by atoms with Gasteiger partial charge in [-0.05, 0) is 13.3 Å². The standard InChI is InChI=1S/C12H13NO/c1-9-4-6-10(7-5-9)12(14)11-3-2-8-13-11/h3-7,13H,2,8H2,1H3. The Kier molecular flexibility index (Phi) is 2.35. The number of nitrogens with one attached hydrogen (secondary N) is 1. The molecule has 2 rings (SSSR count). The second-order valence-corrected chi connectivity index (χ2v) is 3.53. The fraction of sp³-hybridized carbons (Fsp3) is 0.250. The molecule has 1 aromatic rings. The molecule has 2 heteroatoms. The lowest BCUT2D eigenvalue weighted by atomic mass is 10.1. The summed E-state index contributed by atoms with van der Waals surface area (Å²) in [5, 5.41) is 3.08. The average molecular weight is 187 g/mol. The van der Waals surface area contributed by atoms with Crippen molar-refractivity contribution in [2.24, 2.45) is 0 Å². The first kappa shape index (κ1) is 9.00. The third kappa shape index (κ3) is 1.69. The lowest BCUT2D eigenvalue weighted by Gasteiger charge is -2.03. The van der Waals surface area contributed by atoms with E-state index in [1.54, 1.807) is 0 Å². The molecule has 0 radical (unpaired) electrons. The third-order valence-corrected chi connectivity index (χ3v) is 2.37. The highest BCUT2D eigenvalue weighted by molar-refractivity contribution is 6.08. The maximum absolute atomic E-state index is 11.8. The van der Waals surface area contributed by atoms with Gasteiger partial charge in [-0.2, -0.15) is 0 Å². The molecular weight excluding hydrogens is 174 g/mol. The van der Waals surface area contributed by atoms with E-state index in [0.717, 1.165) is 24.2 Å². The summed E-state index contributed by atoms with van der Waals surface area (Å²) in [7, 11) is 0. The minimum atomic E-state index is 0.0995. The number of Topliss-reactive ketones (excluding diaryl/α,β-unsaturated/α-hetero) is 1. The summed E-state index contributed by atoms with van der Waals surface area (Å²) in [6.07, 6.45) is 2.91. The Morgan fingerprint density at radius 1 is 1.29 bits per heavy atom. The molecule has 1 heterocycles. The van der Waals surface area contributed by atoms with E-state index in [2.05, 4.69) is 5.32 Å². The first-order valence-electron chi connectivity index (χ1n) is 4.83. The van der Waals surface area contributed by atoms with Crippen LogP contribution < -0.4 is 5.32 Å². The Morgan fingerprint density at radius 3 is 2.57 bits per heavy atom. The number of hydrogen-bond donors (Lipinski definition) is 1. The van der Waals surface area contributed by atoms with E-state index in [-0.39, 0.29) is 5.78 Å². The van der Waals surface area contributed by atoms with Crippen molar-refractivity contribution in [3.8, 4) is 0 Å². The van der Waals surface area contributed by atoms with E-state index in [9.17, 15) is 4.79 Å². The van der Waals surface area contributed by atoms with Gasteiger partial charge in [-0.3, -0.25) is 4.79 Å². The molecule has 72 valence electrons. The molecule has 0 atom stereocenters. The molecule has 2 nitrogen and oxygen atoms in total. The Balaban J connectivity index is 2.22. The highest BCUT2D eigenvalue weighted by atomic mass is 16.1. The predicted molar refractivity (Wildman–Crippen MR) is 56.2 cm³/mol. The molecule has 0 aromatic heterocycles. The molecule has 0 fully saturated rings. The Labute approximate surface area is 83.6 Å². The van der Waals surface area contributed by atoms with Gasteiger partial charge in [0, 0.05) is 12.1 Å². The molecule has 0 unspecified atom stereocenters. The van der Waals surface area contributed by atoms with Gasteiger partial charge >= 0.3 is 0 Å². The summed E-state index contributed by atoms with van der Waals surface area (Å²) >= 11 is 0. The molecular formula is C12H13NO. The minimum absolute atomic E-state index is 0.0995. The second-order valence-electron chi connectivity index (χ2n) is 3.53. The van der Waals surface area contributed by atoms with E-state index in [0.29, 0.717) is 0 Å². The lowest BCUT2D eigenvalue weighted by molar-refractivity contribution is 0.102. The normalized spacial score (nSPS) is 14.8. The van der Waals surface area contributed by atoms with Gasteiger partial charge in [0.2, 0.25) is 5.78 Å². The van der Waals surface area contributed by atoms with Crippen LogP contribution in [0.2, 0.25) is 0 Å². The van der Waals surface area contributed by atoms with Gasteiger partial charge in [0.25, 0.3) is 0 Å². The summed E-state index contributed by atoms with van der Waals surface area (Å²) in [5.41, 5.74) is 2.68. The molecule has 0 saturated carbocycles. The predicted octanol–water partition coefficient (Wildman–Crippen LogP) is 2.05. The van der Waals surface area contributed by atoms with Crippen molar-refractivity contribution in [3.05, 3.63) is 47.2 Å². The first-order valence-corrected chi connectivity index (χ1v) is 4.83. The monoisotopic (exact) mass is 187 g/mol. The molecule has 0 aliphatic carbocycles. The maximum atomic E-state index is 11.8. The van der Waals surface area contributed by atoms with Gasteiger partial charge in [-0.25, -0.2) is 0 Å². The van der Waals surface area contributed by atoms with Crippen molar-refractivity contribution >= 4 is 5.78 Å². The first-order chi connectivity index (χ1) is 6.77. The van der Waals surface area contributed by atoms with E-state index in [4.69, 9.17) is 0 Å². The van der Waals surface area contributed by atoms with Gasteiger partial charge in [0.1, 0.15) is 0 Å². The van der Waals surface area contributed by atoms with Crippen LogP contribution in [0.4, 0.5) is 0 Å². The lowest BCUT2D eigenvalue weighted by Crippen LogP contribution is -2.16. The van der Waals surface area contributed by atoms with Gasteiger partial charge in [-0.15, -0.1) is 0 Å². The summed E-state index contributed by atoms with van der Waals surface area (Å²) < 4.78 is 0. The molecule has 0 saturated heterocycles. The summed E-state index contributed by atoms with van der Waals surface area (Å²) in [6.45, 7) is 2.90. The quantitative estimate of drug-likeness (QED) is 0.718. The van der Waals surface area contributed by atoms with Crippen LogP contribution in [0.3, 0.4) is 0 Å². The van der Waals surface area contributed by atoms with Crippen LogP contribution in [0.25, 0.3) is 0 Å². The van der Waals surface area contributed by atoms with Crippen molar-refractivity contribution in [1.29, 1.82) is 0 Å².